The van der Waals surface area contributed by atoms with Gasteiger partial charge in [-0.05, 0) is 62.6 Å². The molecule has 4 rings (SSSR count). The van der Waals surface area contributed by atoms with E-state index in [0.717, 1.165) is 43.5 Å². The molecule has 0 spiro atoms. The van der Waals surface area contributed by atoms with Crippen LogP contribution in [0.5, 0.6) is 0 Å². The van der Waals surface area contributed by atoms with E-state index in [4.69, 9.17) is 9.51 Å². The maximum atomic E-state index is 11.9. The van der Waals surface area contributed by atoms with Gasteiger partial charge in [-0.15, -0.1) is 0 Å². The number of aromatic nitrogens is 2. The van der Waals surface area contributed by atoms with Crippen molar-refractivity contribution in [3.63, 3.8) is 0 Å². The van der Waals surface area contributed by atoms with Crippen LogP contribution in [0.15, 0.2) is 65.2 Å². The summed E-state index contributed by atoms with van der Waals surface area (Å²) in [6.07, 6.45) is 5.60. The molecular weight excluding hydrogens is 374 g/mol. The fourth-order valence-corrected chi connectivity index (χ4v) is 4.59. The highest BCUT2D eigenvalue weighted by Gasteiger charge is 2.42. The van der Waals surface area contributed by atoms with E-state index in [9.17, 15) is 4.79 Å². The molecule has 3 aromatic rings. The lowest BCUT2D eigenvalue weighted by molar-refractivity contribution is -0.121. The molecule has 1 heterocycles. The minimum Gasteiger partial charge on any atom is -0.356 e. The summed E-state index contributed by atoms with van der Waals surface area (Å²) in [6.45, 7) is 2.66. The Labute approximate surface area is 177 Å². The Bertz CT molecular complexity index is 945. The highest BCUT2D eigenvalue weighted by Crippen LogP contribution is 2.46. The van der Waals surface area contributed by atoms with Crippen molar-refractivity contribution in [3.8, 4) is 11.5 Å². The Morgan fingerprint density at radius 1 is 1.07 bits per heavy atom. The van der Waals surface area contributed by atoms with Gasteiger partial charge in [0.15, 0.2) is 5.82 Å². The molecule has 0 radical (unpaired) electrons. The Morgan fingerprint density at radius 2 is 1.73 bits per heavy atom. The third kappa shape index (κ3) is 4.30. The quantitative estimate of drug-likeness (QED) is 0.594. The van der Waals surface area contributed by atoms with Crippen LogP contribution in [0.3, 0.4) is 0 Å². The van der Waals surface area contributed by atoms with Crippen LogP contribution < -0.4 is 5.32 Å². The number of benzene rings is 2. The van der Waals surface area contributed by atoms with Gasteiger partial charge in [-0.1, -0.05) is 53.7 Å². The number of carbonyl (C=O) groups excluding carboxylic acids is 1. The van der Waals surface area contributed by atoms with Gasteiger partial charge in [-0.2, -0.15) is 4.98 Å². The van der Waals surface area contributed by atoms with Crippen molar-refractivity contribution < 1.29 is 9.32 Å². The van der Waals surface area contributed by atoms with Gasteiger partial charge >= 0.3 is 0 Å². The van der Waals surface area contributed by atoms with Gasteiger partial charge in [0.2, 0.25) is 5.91 Å². The molecule has 1 aliphatic rings. The Hall–Kier alpha value is -2.95. The van der Waals surface area contributed by atoms with Gasteiger partial charge in [0.05, 0.1) is 5.41 Å². The van der Waals surface area contributed by atoms with Crippen LogP contribution in [0.1, 0.15) is 56.8 Å². The zero-order valence-electron chi connectivity index (χ0n) is 17.5. The molecule has 1 saturated carbocycles. The number of nitrogens with one attached hydrogen (secondary N) is 1. The van der Waals surface area contributed by atoms with Gasteiger partial charge in [0.25, 0.3) is 5.89 Å². The Morgan fingerprint density at radius 3 is 2.40 bits per heavy atom. The first-order valence-corrected chi connectivity index (χ1v) is 10.9. The summed E-state index contributed by atoms with van der Waals surface area (Å²) in [5.74, 6) is 2.06. The maximum absolute atomic E-state index is 11.9. The third-order valence-electron chi connectivity index (χ3n) is 6.31. The average molecular weight is 404 g/mol. The standard InChI is InChI=1S/C25H29N3O2/c1-2-26-22(29)14-13-19-15-17-25(18-16-19,21-11-7-4-8-12-21)24-27-23(30-28-24)20-9-5-3-6-10-20/h3-12,19H,2,13-18H2,1H3,(H,26,29). The molecule has 0 unspecified atom stereocenters. The summed E-state index contributed by atoms with van der Waals surface area (Å²) in [6, 6.07) is 20.5. The van der Waals surface area contributed by atoms with Crippen molar-refractivity contribution in [2.45, 2.75) is 50.9 Å². The van der Waals surface area contributed by atoms with Crippen LogP contribution in [-0.2, 0) is 10.2 Å². The van der Waals surface area contributed by atoms with E-state index < -0.39 is 0 Å². The smallest absolute Gasteiger partial charge is 0.257 e. The zero-order valence-corrected chi connectivity index (χ0v) is 17.5. The molecule has 0 atom stereocenters. The fourth-order valence-electron chi connectivity index (χ4n) is 4.59. The number of carbonyl (C=O) groups is 1. The maximum Gasteiger partial charge on any atom is 0.257 e. The van der Waals surface area contributed by atoms with E-state index in [-0.39, 0.29) is 11.3 Å². The van der Waals surface area contributed by atoms with Crippen molar-refractivity contribution in [2.75, 3.05) is 6.54 Å². The van der Waals surface area contributed by atoms with E-state index >= 15 is 0 Å². The van der Waals surface area contributed by atoms with Crippen molar-refractivity contribution >= 4 is 5.91 Å². The van der Waals surface area contributed by atoms with E-state index in [1.807, 2.05) is 43.3 Å². The van der Waals surface area contributed by atoms with Crippen LogP contribution in [0, 0.1) is 5.92 Å². The lowest BCUT2D eigenvalue weighted by Gasteiger charge is -2.38. The van der Waals surface area contributed by atoms with Crippen molar-refractivity contribution in [2.24, 2.45) is 5.92 Å². The predicted octanol–water partition coefficient (Wildman–Crippen LogP) is 5.13. The molecule has 0 bridgehead atoms. The van der Waals surface area contributed by atoms with E-state index in [0.29, 0.717) is 24.8 Å². The molecule has 2 aromatic carbocycles. The van der Waals surface area contributed by atoms with E-state index in [2.05, 4.69) is 34.7 Å². The summed E-state index contributed by atoms with van der Waals surface area (Å²) < 4.78 is 5.67. The fraction of sp³-hybridized carbons (Fsp3) is 0.400. The van der Waals surface area contributed by atoms with Gasteiger partial charge in [0.1, 0.15) is 0 Å². The average Bonchev–Trinajstić information content (AvgIpc) is 3.30. The number of hydrogen-bond acceptors (Lipinski definition) is 4. The van der Waals surface area contributed by atoms with Crippen LogP contribution >= 0.6 is 0 Å². The lowest BCUT2D eigenvalue weighted by atomic mass is 9.65. The number of nitrogens with zero attached hydrogens (tertiary/aromatic N) is 2. The SMILES string of the molecule is CCNC(=O)CCC1CCC(c2ccccc2)(c2noc(-c3ccccc3)n2)CC1. The molecule has 5 nitrogen and oxygen atoms in total. The van der Waals surface area contributed by atoms with E-state index in [1.54, 1.807) is 0 Å². The summed E-state index contributed by atoms with van der Waals surface area (Å²) in [5.41, 5.74) is 1.95. The molecule has 30 heavy (non-hydrogen) atoms. The zero-order chi connectivity index (χ0) is 20.8. The van der Waals surface area contributed by atoms with Gasteiger partial charge in [-0.3, -0.25) is 4.79 Å². The highest BCUT2D eigenvalue weighted by molar-refractivity contribution is 5.75. The minimum atomic E-state index is -0.236. The van der Waals surface area contributed by atoms with Crippen LogP contribution in [0.4, 0.5) is 0 Å². The van der Waals surface area contributed by atoms with Gasteiger partial charge < -0.3 is 9.84 Å². The topological polar surface area (TPSA) is 68.0 Å². The van der Waals surface area contributed by atoms with Crippen molar-refractivity contribution in [1.82, 2.24) is 15.5 Å². The van der Waals surface area contributed by atoms with E-state index in [1.165, 1.54) is 5.56 Å². The Balaban J connectivity index is 1.55. The third-order valence-corrected chi connectivity index (χ3v) is 6.31. The van der Waals surface area contributed by atoms with Crippen molar-refractivity contribution in [1.29, 1.82) is 0 Å². The Kier molecular flexibility index (Phi) is 6.26. The first-order valence-electron chi connectivity index (χ1n) is 10.9. The number of hydrogen-bond donors (Lipinski definition) is 1. The predicted molar refractivity (Wildman–Crippen MR) is 117 cm³/mol. The molecule has 1 amide bonds. The lowest BCUT2D eigenvalue weighted by Crippen LogP contribution is -2.34. The second-order valence-corrected chi connectivity index (χ2v) is 8.17. The molecule has 1 aromatic heterocycles. The molecule has 1 N–H and O–H groups in total. The van der Waals surface area contributed by atoms with Crippen LogP contribution in [0.2, 0.25) is 0 Å². The normalized spacial score (nSPS) is 21.3. The minimum absolute atomic E-state index is 0.156. The first-order chi connectivity index (χ1) is 14.7. The number of amides is 1. The monoisotopic (exact) mass is 403 g/mol. The molecule has 0 aliphatic heterocycles. The van der Waals surface area contributed by atoms with Crippen LogP contribution in [0.25, 0.3) is 11.5 Å². The molecule has 156 valence electrons. The largest absolute Gasteiger partial charge is 0.356 e. The molecule has 1 aliphatic carbocycles. The molecular formula is C25H29N3O2. The van der Waals surface area contributed by atoms with Crippen molar-refractivity contribution in [3.05, 3.63) is 72.1 Å². The molecule has 1 fully saturated rings. The second-order valence-electron chi connectivity index (χ2n) is 8.17. The summed E-state index contributed by atoms with van der Waals surface area (Å²) in [4.78, 5) is 16.7. The second kappa shape index (κ2) is 9.24. The summed E-state index contributed by atoms with van der Waals surface area (Å²) in [5, 5.41) is 7.34. The first kappa shape index (κ1) is 20.3. The summed E-state index contributed by atoms with van der Waals surface area (Å²) in [7, 11) is 0. The molecule has 5 heteroatoms. The van der Waals surface area contributed by atoms with Crippen LogP contribution in [-0.4, -0.2) is 22.6 Å². The summed E-state index contributed by atoms with van der Waals surface area (Å²) >= 11 is 0. The van der Waals surface area contributed by atoms with Gasteiger partial charge in [0, 0.05) is 18.5 Å². The number of rotatable bonds is 7. The molecule has 0 saturated heterocycles. The van der Waals surface area contributed by atoms with Gasteiger partial charge in [-0.25, -0.2) is 0 Å². The highest BCUT2D eigenvalue weighted by atomic mass is 16.5.